The maximum absolute atomic E-state index is 12.5. The number of furan rings is 1. The van der Waals surface area contributed by atoms with Crippen LogP contribution in [0.25, 0.3) is 0 Å². The number of halogens is 1. The van der Waals surface area contributed by atoms with Crippen molar-refractivity contribution in [3.8, 4) is 0 Å². The second-order valence-corrected chi connectivity index (χ2v) is 6.68. The molecular weight excluding hydrogens is 352 g/mol. The molecule has 1 aromatic heterocycles. The van der Waals surface area contributed by atoms with Crippen LogP contribution in [0.1, 0.15) is 23.4 Å². The minimum atomic E-state index is -0.605. The van der Waals surface area contributed by atoms with Gasteiger partial charge in [0.2, 0.25) is 0 Å². The van der Waals surface area contributed by atoms with Crippen molar-refractivity contribution in [1.82, 2.24) is 10.4 Å². The Balaban J connectivity index is 1.58. The number of nitrogens with zero attached hydrogens (tertiary/aromatic N) is 1. The maximum atomic E-state index is 12.5. The smallest absolute Gasteiger partial charge is 0.306 e. The normalized spacial score (nSPS) is 32.5. The van der Waals surface area contributed by atoms with Gasteiger partial charge < -0.3 is 4.42 Å². The lowest BCUT2D eigenvalue weighted by Gasteiger charge is -2.37. The molecule has 7 heteroatoms. The van der Waals surface area contributed by atoms with Crippen LogP contribution in [-0.2, 0) is 9.59 Å². The average molecular weight is 365 g/mol. The number of carbonyl (C=O) groups excluding carboxylic acids is 3. The van der Waals surface area contributed by atoms with Gasteiger partial charge in [-0.05, 0) is 52.7 Å². The lowest BCUT2D eigenvalue weighted by Crippen LogP contribution is -2.46. The highest BCUT2D eigenvalue weighted by Crippen LogP contribution is 2.49. The van der Waals surface area contributed by atoms with Gasteiger partial charge >= 0.3 is 5.91 Å². The molecule has 1 N–H and O–H groups in total. The molecule has 3 amide bonds. The van der Waals surface area contributed by atoms with Crippen LogP contribution in [-0.4, -0.2) is 22.7 Å². The minimum absolute atomic E-state index is 0.0449. The number of rotatable bonds is 2. The molecule has 6 nitrogen and oxygen atoms in total. The molecule has 0 radical (unpaired) electrons. The molecule has 0 spiro atoms. The van der Waals surface area contributed by atoms with Gasteiger partial charge in [0.25, 0.3) is 11.8 Å². The fourth-order valence-electron chi connectivity index (χ4n) is 3.78. The molecule has 1 saturated carbocycles. The van der Waals surface area contributed by atoms with Gasteiger partial charge in [-0.3, -0.25) is 19.8 Å². The summed E-state index contributed by atoms with van der Waals surface area (Å²) >= 11 is 3.11. The zero-order valence-electron chi connectivity index (χ0n) is 11.5. The highest BCUT2D eigenvalue weighted by molar-refractivity contribution is 9.10. The van der Waals surface area contributed by atoms with Gasteiger partial charge in [-0.1, -0.05) is 12.2 Å². The zero-order chi connectivity index (χ0) is 15.4. The van der Waals surface area contributed by atoms with Gasteiger partial charge in [0.05, 0.1) is 11.8 Å². The van der Waals surface area contributed by atoms with E-state index in [9.17, 15) is 14.4 Å². The molecule has 0 aromatic carbocycles. The summed E-state index contributed by atoms with van der Waals surface area (Å²) < 4.78 is 5.55. The highest BCUT2D eigenvalue weighted by Gasteiger charge is 2.57. The van der Waals surface area contributed by atoms with Crippen LogP contribution < -0.4 is 5.43 Å². The van der Waals surface area contributed by atoms with E-state index in [-0.39, 0.29) is 41.2 Å². The van der Waals surface area contributed by atoms with Crippen molar-refractivity contribution in [2.24, 2.45) is 23.7 Å². The number of hydrogen-bond donors (Lipinski definition) is 1. The molecule has 4 aliphatic rings. The van der Waals surface area contributed by atoms with Crippen LogP contribution in [0.2, 0.25) is 0 Å². The summed E-state index contributed by atoms with van der Waals surface area (Å²) in [4.78, 5) is 37.2. The van der Waals surface area contributed by atoms with Crippen LogP contribution in [0.3, 0.4) is 0 Å². The predicted molar refractivity (Wildman–Crippen MR) is 78.1 cm³/mol. The molecule has 2 fully saturated rings. The van der Waals surface area contributed by atoms with Crippen molar-refractivity contribution < 1.29 is 18.8 Å². The first-order valence-electron chi connectivity index (χ1n) is 7.18. The van der Waals surface area contributed by atoms with Crippen molar-refractivity contribution in [2.75, 3.05) is 0 Å². The molecule has 0 unspecified atom stereocenters. The summed E-state index contributed by atoms with van der Waals surface area (Å²) in [7, 11) is 0. The predicted octanol–water partition coefficient (Wildman–Crippen LogP) is 1.88. The third-order valence-electron chi connectivity index (χ3n) is 4.77. The van der Waals surface area contributed by atoms with Gasteiger partial charge in [0.1, 0.15) is 0 Å². The van der Waals surface area contributed by atoms with Gasteiger partial charge in [-0.15, -0.1) is 0 Å². The number of hydrazine groups is 1. The quantitative estimate of drug-likeness (QED) is 0.641. The van der Waals surface area contributed by atoms with Gasteiger partial charge in [0.15, 0.2) is 10.4 Å². The first-order valence-corrected chi connectivity index (χ1v) is 7.98. The van der Waals surface area contributed by atoms with Crippen LogP contribution in [0.5, 0.6) is 0 Å². The van der Waals surface area contributed by atoms with E-state index in [2.05, 4.69) is 21.4 Å². The Labute approximate surface area is 134 Å². The Morgan fingerprint density at radius 3 is 2.18 bits per heavy atom. The van der Waals surface area contributed by atoms with E-state index in [1.54, 1.807) is 6.07 Å². The average Bonchev–Trinajstić information content (AvgIpc) is 3.07. The SMILES string of the molecule is O=C(NN1C(=O)[C@H]2[C@H](C1=O)[C@@H]1C=C[C@@H]2CC1)c1ccc(Br)o1. The minimum Gasteiger partial charge on any atom is -0.444 e. The largest absolute Gasteiger partial charge is 0.444 e. The van der Waals surface area contributed by atoms with Crippen molar-refractivity contribution in [1.29, 1.82) is 0 Å². The lowest BCUT2D eigenvalue weighted by atomic mass is 9.63. The van der Waals surface area contributed by atoms with E-state index in [1.165, 1.54) is 6.07 Å². The summed E-state index contributed by atoms with van der Waals surface area (Å²) in [6.07, 6.45) is 5.92. The molecule has 22 heavy (non-hydrogen) atoms. The maximum Gasteiger partial charge on any atom is 0.306 e. The number of imide groups is 1. The summed E-state index contributed by atoms with van der Waals surface area (Å²) in [6, 6.07) is 3.05. The van der Waals surface area contributed by atoms with E-state index in [4.69, 9.17) is 4.42 Å². The number of carbonyl (C=O) groups is 3. The van der Waals surface area contributed by atoms with E-state index in [0.29, 0.717) is 4.67 Å². The second-order valence-electron chi connectivity index (χ2n) is 5.90. The topological polar surface area (TPSA) is 79.6 Å². The number of amides is 3. The third kappa shape index (κ3) is 1.88. The van der Waals surface area contributed by atoms with E-state index >= 15 is 0 Å². The monoisotopic (exact) mass is 364 g/mol. The van der Waals surface area contributed by atoms with Crippen molar-refractivity contribution >= 4 is 33.7 Å². The van der Waals surface area contributed by atoms with E-state index in [0.717, 1.165) is 17.9 Å². The van der Waals surface area contributed by atoms with Gasteiger partial charge in [-0.2, -0.15) is 5.01 Å². The number of nitrogens with one attached hydrogen (secondary N) is 1. The molecule has 1 aromatic rings. The van der Waals surface area contributed by atoms with Crippen LogP contribution in [0.15, 0.2) is 33.4 Å². The third-order valence-corrected chi connectivity index (χ3v) is 5.20. The summed E-state index contributed by atoms with van der Waals surface area (Å²) in [5.74, 6) is -1.65. The molecule has 114 valence electrons. The zero-order valence-corrected chi connectivity index (χ0v) is 13.1. The standard InChI is InChI=1S/C15H13BrN2O4/c16-10-6-5-9(22-10)13(19)17-18-14(20)11-7-1-2-8(4-3-7)12(11)15(18)21/h1-2,5-8,11-12H,3-4H2,(H,17,19)/t7-,8-,11-,12-/m1/s1. The fourth-order valence-corrected chi connectivity index (χ4v) is 4.08. The molecular formula is C15H13BrN2O4. The first kappa shape index (κ1) is 13.8. The number of allylic oxidation sites excluding steroid dienone is 2. The molecule has 4 atom stereocenters. The Morgan fingerprint density at radius 2 is 1.73 bits per heavy atom. The van der Waals surface area contributed by atoms with Crippen LogP contribution in [0, 0.1) is 23.7 Å². The highest BCUT2D eigenvalue weighted by atomic mass is 79.9. The Morgan fingerprint density at radius 1 is 1.14 bits per heavy atom. The van der Waals surface area contributed by atoms with Crippen molar-refractivity contribution in [3.63, 3.8) is 0 Å². The number of fused-ring (bicyclic) bond motifs is 1. The van der Waals surface area contributed by atoms with E-state index in [1.807, 2.05) is 12.2 Å². The van der Waals surface area contributed by atoms with Crippen molar-refractivity contribution in [3.05, 3.63) is 34.7 Å². The summed E-state index contributed by atoms with van der Waals surface area (Å²) in [6.45, 7) is 0. The van der Waals surface area contributed by atoms with Crippen molar-refractivity contribution in [2.45, 2.75) is 12.8 Å². The Kier molecular flexibility index (Phi) is 3.00. The molecule has 5 rings (SSSR count). The van der Waals surface area contributed by atoms with E-state index < -0.39 is 5.91 Å². The molecule has 2 heterocycles. The van der Waals surface area contributed by atoms with Crippen LogP contribution in [0.4, 0.5) is 0 Å². The molecule has 3 aliphatic carbocycles. The van der Waals surface area contributed by atoms with Gasteiger partial charge in [-0.25, -0.2) is 0 Å². The first-order chi connectivity index (χ1) is 10.6. The summed E-state index contributed by atoms with van der Waals surface area (Å²) in [5, 5.41) is 0.881. The number of hydrogen-bond acceptors (Lipinski definition) is 4. The van der Waals surface area contributed by atoms with Crippen LogP contribution >= 0.6 is 15.9 Å². The lowest BCUT2D eigenvalue weighted by molar-refractivity contribution is -0.143. The Hall–Kier alpha value is -1.89. The fraction of sp³-hybridized carbons (Fsp3) is 0.400. The molecule has 2 bridgehead atoms. The Bertz CT molecular complexity index is 678. The second kappa shape index (κ2) is 4.81. The summed E-state index contributed by atoms with van der Waals surface area (Å²) in [5.41, 5.74) is 2.39. The molecule has 1 saturated heterocycles. The van der Waals surface area contributed by atoms with Gasteiger partial charge in [0, 0.05) is 0 Å². The molecule has 1 aliphatic heterocycles.